The maximum Gasteiger partial charge on any atom is 0.0845 e. The standard InChI is InChI=1S/C11H14N2/c1-9-3-5-11(6-4-9)10(2)13-8-7-12/h3-6,10,13H,8H2,1-2H3. The molecule has 0 amide bonds. The van der Waals surface area contributed by atoms with Gasteiger partial charge < -0.3 is 0 Å². The molecule has 0 fully saturated rings. The number of benzene rings is 1. The van der Waals surface area contributed by atoms with E-state index < -0.39 is 0 Å². The molecular formula is C11H14N2. The average molecular weight is 174 g/mol. The molecule has 13 heavy (non-hydrogen) atoms. The minimum absolute atomic E-state index is 0.250. The van der Waals surface area contributed by atoms with Gasteiger partial charge in [-0.25, -0.2) is 0 Å². The number of hydrogen-bond acceptors (Lipinski definition) is 2. The highest BCUT2D eigenvalue weighted by atomic mass is 14.9. The fourth-order valence-electron chi connectivity index (χ4n) is 1.17. The van der Waals surface area contributed by atoms with Crippen LogP contribution in [0.5, 0.6) is 0 Å². The number of nitriles is 1. The predicted molar refractivity (Wildman–Crippen MR) is 53.2 cm³/mol. The van der Waals surface area contributed by atoms with Crippen LogP contribution in [0, 0.1) is 18.3 Å². The zero-order valence-electron chi connectivity index (χ0n) is 8.04. The molecule has 0 saturated carbocycles. The summed E-state index contributed by atoms with van der Waals surface area (Å²) < 4.78 is 0. The third-order valence-electron chi connectivity index (χ3n) is 2.06. The Morgan fingerprint density at radius 3 is 2.54 bits per heavy atom. The summed E-state index contributed by atoms with van der Waals surface area (Å²) in [6.07, 6.45) is 0. The third-order valence-corrected chi connectivity index (χ3v) is 2.06. The van der Waals surface area contributed by atoms with E-state index in [1.54, 1.807) is 0 Å². The molecule has 0 aliphatic rings. The number of aryl methyl sites for hydroxylation is 1. The first-order valence-electron chi connectivity index (χ1n) is 4.41. The van der Waals surface area contributed by atoms with Crippen molar-refractivity contribution in [3.8, 4) is 6.07 Å². The molecule has 0 heterocycles. The second-order valence-corrected chi connectivity index (χ2v) is 3.17. The van der Waals surface area contributed by atoms with Gasteiger partial charge in [-0.1, -0.05) is 29.8 Å². The lowest BCUT2D eigenvalue weighted by molar-refractivity contribution is 0.621. The van der Waals surface area contributed by atoms with E-state index >= 15 is 0 Å². The van der Waals surface area contributed by atoms with Crippen LogP contribution in [0.15, 0.2) is 24.3 Å². The van der Waals surface area contributed by atoms with Crippen LogP contribution in [0.2, 0.25) is 0 Å². The van der Waals surface area contributed by atoms with Crippen molar-refractivity contribution < 1.29 is 0 Å². The Balaban J connectivity index is 2.62. The second-order valence-electron chi connectivity index (χ2n) is 3.17. The molecule has 1 unspecified atom stereocenters. The highest BCUT2D eigenvalue weighted by molar-refractivity contribution is 5.23. The molecule has 1 aromatic carbocycles. The molecule has 0 spiro atoms. The molecule has 0 radical (unpaired) electrons. The lowest BCUT2D eigenvalue weighted by Gasteiger charge is -2.11. The van der Waals surface area contributed by atoms with E-state index in [-0.39, 0.29) is 6.04 Å². The van der Waals surface area contributed by atoms with Gasteiger partial charge in [0.05, 0.1) is 12.6 Å². The van der Waals surface area contributed by atoms with Crippen molar-refractivity contribution in [2.45, 2.75) is 19.9 Å². The van der Waals surface area contributed by atoms with Gasteiger partial charge in [0.25, 0.3) is 0 Å². The van der Waals surface area contributed by atoms with Gasteiger partial charge in [-0.15, -0.1) is 0 Å². The summed E-state index contributed by atoms with van der Waals surface area (Å²) >= 11 is 0. The van der Waals surface area contributed by atoms with E-state index in [0.29, 0.717) is 6.54 Å². The maximum absolute atomic E-state index is 8.39. The van der Waals surface area contributed by atoms with Gasteiger partial charge in [0, 0.05) is 6.04 Å². The highest BCUT2D eigenvalue weighted by Gasteiger charge is 2.02. The first kappa shape index (κ1) is 9.76. The average Bonchev–Trinajstić information content (AvgIpc) is 2.15. The lowest BCUT2D eigenvalue weighted by Crippen LogP contribution is -2.18. The van der Waals surface area contributed by atoms with Crippen LogP contribution in [0.25, 0.3) is 0 Å². The molecular weight excluding hydrogens is 160 g/mol. The molecule has 1 N–H and O–H groups in total. The number of nitrogens with one attached hydrogen (secondary N) is 1. The van der Waals surface area contributed by atoms with Crippen LogP contribution < -0.4 is 5.32 Å². The largest absolute Gasteiger partial charge is 0.298 e. The van der Waals surface area contributed by atoms with Gasteiger partial charge in [0.15, 0.2) is 0 Å². The molecule has 0 bridgehead atoms. The van der Waals surface area contributed by atoms with Crippen LogP contribution in [0.3, 0.4) is 0 Å². The highest BCUT2D eigenvalue weighted by Crippen LogP contribution is 2.12. The maximum atomic E-state index is 8.39. The lowest BCUT2D eigenvalue weighted by atomic mass is 10.1. The topological polar surface area (TPSA) is 35.8 Å². The SMILES string of the molecule is Cc1ccc(C(C)NCC#N)cc1. The third kappa shape index (κ3) is 2.89. The number of hydrogen-bond donors (Lipinski definition) is 1. The zero-order valence-corrected chi connectivity index (χ0v) is 8.04. The van der Waals surface area contributed by atoms with Gasteiger partial charge >= 0.3 is 0 Å². The van der Waals surface area contributed by atoms with Crippen molar-refractivity contribution in [1.29, 1.82) is 5.26 Å². The fourth-order valence-corrected chi connectivity index (χ4v) is 1.17. The van der Waals surface area contributed by atoms with Gasteiger partial charge in [0.2, 0.25) is 0 Å². The Morgan fingerprint density at radius 1 is 1.38 bits per heavy atom. The Morgan fingerprint density at radius 2 is 2.00 bits per heavy atom. The minimum Gasteiger partial charge on any atom is -0.298 e. The van der Waals surface area contributed by atoms with E-state index in [2.05, 4.69) is 49.5 Å². The fraction of sp³-hybridized carbons (Fsp3) is 0.364. The number of rotatable bonds is 3. The van der Waals surface area contributed by atoms with Crippen molar-refractivity contribution >= 4 is 0 Å². The number of nitrogens with zero attached hydrogens (tertiary/aromatic N) is 1. The summed E-state index contributed by atoms with van der Waals surface area (Å²) in [5, 5.41) is 11.5. The monoisotopic (exact) mass is 174 g/mol. The molecule has 2 nitrogen and oxygen atoms in total. The second kappa shape index (κ2) is 4.64. The van der Waals surface area contributed by atoms with E-state index in [1.807, 2.05) is 0 Å². The summed E-state index contributed by atoms with van der Waals surface area (Å²) in [5.41, 5.74) is 2.48. The summed E-state index contributed by atoms with van der Waals surface area (Å²) in [6.45, 7) is 4.52. The van der Waals surface area contributed by atoms with Gasteiger partial charge in [-0.3, -0.25) is 5.32 Å². The molecule has 2 heteroatoms. The van der Waals surface area contributed by atoms with Crippen LogP contribution in [-0.4, -0.2) is 6.54 Å². The smallest absolute Gasteiger partial charge is 0.0845 e. The molecule has 1 aromatic rings. The first-order valence-corrected chi connectivity index (χ1v) is 4.41. The molecule has 1 atom stereocenters. The molecule has 0 aliphatic carbocycles. The van der Waals surface area contributed by atoms with Crippen molar-refractivity contribution in [3.05, 3.63) is 35.4 Å². The van der Waals surface area contributed by atoms with Crippen LogP contribution >= 0.6 is 0 Å². The first-order chi connectivity index (χ1) is 6.24. The van der Waals surface area contributed by atoms with E-state index in [0.717, 1.165) is 0 Å². The summed E-state index contributed by atoms with van der Waals surface area (Å²) in [4.78, 5) is 0. The Kier molecular flexibility index (Phi) is 3.48. The molecule has 68 valence electrons. The van der Waals surface area contributed by atoms with Crippen LogP contribution in [0.1, 0.15) is 24.1 Å². The van der Waals surface area contributed by atoms with Crippen molar-refractivity contribution in [1.82, 2.24) is 5.32 Å². The summed E-state index contributed by atoms with van der Waals surface area (Å²) in [5.74, 6) is 0. The van der Waals surface area contributed by atoms with Crippen molar-refractivity contribution in [3.63, 3.8) is 0 Å². The molecule has 0 aromatic heterocycles. The van der Waals surface area contributed by atoms with Gasteiger partial charge in [-0.2, -0.15) is 5.26 Å². The zero-order chi connectivity index (χ0) is 9.68. The van der Waals surface area contributed by atoms with Crippen molar-refractivity contribution in [2.24, 2.45) is 0 Å². The normalized spacial score (nSPS) is 12.1. The van der Waals surface area contributed by atoms with Gasteiger partial charge in [-0.05, 0) is 19.4 Å². The van der Waals surface area contributed by atoms with E-state index in [1.165, 1.54) is 11.1 Å². The van der Waals surface area contributed by atoms with E-state index in [4.69, 9.17) is 5.26 Å². The molecule has 0 saturated heterocycles. The molecule has 0 aliphatic heterocycles. The quantitative estimate of drug-likeness (QED) is 0.713. The Hall–Kier alpha value is -1.33. The Labute approximate surface area is 79.2 Å². The van der Waals surface area contributed by atoms with Crippen LogP contribution in [-0.2, 0) is 0 Å². The van der Waals surface area contributed by atoms with Gasteiger partial charge in [0.1, 0.15) is 0 Å². The predicted octanol–water partition coefficient (Wildman–Crippen LogP) is 2.17. The molecule has 1 rings (SSSR count). The minimum atomic E-state index is 0.250. The van der Waals surface area contributed by atoms with Crippen LogP contribution in [0.4, 0.5) is 0 Å². The Bertz CT molecular complexity index is 295. The summed E-state index contributed by atoms with van der Waals surface area (Å²) in [7, 11) is 0. The van der Waals surface area contributed by atoms with Crippen molar-refractivity contribution in [2.75, 3.05) is 6.54 Å². The summed E-state index contributed by atoms with van der Waals surface area (Å²) in [6, 6.07) is 10.7. The van der Waals surface area contributed by atoms with E-state index in [9.17, 15) is 0 Å².